The van der Waals surface area contributed by atoms with E-state index in [0.29, 0.717) is 0 Å². The molecule has 2 aliphatic rings. The van der Waals surface area contributed by atoms with Crippen molar-refractivity contribution in [1.82, 2.24) is 15.5 Å². The van der Waals surface area contributed by atoms with Crippen LogP contribution in [0.25, 0.3) is 0 Å². The van der Waals surface area contributed by atoms with Crippen molar-refractivity contribution in [1.29, 1.82) is 0 Å². The van der Waals surface area contributed by atoms with Gasteiger partial charge in [-0.25, -0.2) is 4.39 Å². The number of rotatable bonds is 3. The van der Waals surface area contributed by atoms with E-state index in [2.05, 4.69) is 32.6 Å². The molecule has 0 atom stereocenters. The minimum Gasteiger partial charge on any atom is -0.369 e. The van der Waals surface area contributed by atoms with Crippen LogP contribution >= 0.6 is 11.6 Å². The predicted molar refractivity (Wildman–Crippen MR) is 111 cm³/mol. The molecule has 0 amide bonds. The average molecular weight is 391 g/mol. The van der Waals surface area contributed by atoms with Gasteiger partial charge in [-0.3, -0.25) is 4.90 Å². The van der Waals surface area contributed by atoms with Gasteiger partial charge in [0, 0.05) is 69.6 Å². The Kier molecular flexibility index (Phi) is 7.90. The van der Waals surface area contributed by atoms with Crippen LogP contribution in [0.1, 0.15) is 5.56 Å². The molecule has 0 spiro atoms. The van der Waals surface area contributed by atoms with E-state index in [9.17, 15) is 4.39 Å². The Morgan fingerprint density at radius 1 is 0.778 bits per heavy atom. The van der Waals surface area contributed by atoms with Gasteiger partial charge in [0.1, 0.15) is 5.82 Å². The van der Waals surface area contributed by atoms with Gasteiger partial charge in [0.2, 0.25) is 0 Å². The minimum atomic E-state index is -0.168. The monoisotopic (exact) mass is 390 g/mol. The molecule has 4 rings (SSSR count). The molecule has 0 radical (unpaired) electrons. The first-order valence-corrected chi connectivity index (χ1v) is 9.97. The molecule has 27 heavy (non-hydrogen) atoms. The molecule has 2 aromatic carbocycles. The van der Waals surface area contributed by atoms with Crippen molar-refractivity contribution in [2.24, 2.45) is 0 Å². The Bertz CT molecular complexity index is 666. The van der Waals surface area contributed by atoms with E-state index in [1.807, 2.05) is 24.3 Å². The number of piperazine rings is 2. The number of benzene rings is 2. The summed E-state index contributed by atoms with van der Waals surface area (Å²) in [5, 5.41) is 7.44. The van der Waals surface area contributed by atoms with Crippen molar-refractivity contribution in [3.05, 3.63) is 64.9 Å². The molecule has 2 aliphatic heterocycles. The Morgan fingerprint density at radius 3 is 1.93 bits per heavy atom. The van der Waals surface area contributed by atoms with Crippen LogP contribution in [0.4, 0.5) is 10.1 Å². The lowest BCUT2D eigenvalue weighted by Crippen LogP contribution is -2.43. The minimum absolute atomic E-state index is 0.168. The second kappa shape index (κ2) is 10.6. The van der Waals surface area contributed by atoms with E-state index < -0.39 is 0 Å². The summed E-state index contributed by atoms with van der Waals surface area (Å²) in [7, 11) is 0. The third-order valence-electron chi connectivity index (χ3n) is 4.84. The maximum Gasteiger partial charge on any atom is 0.123 e. The summed E-state index contributed by atoms with van der Waals surface area (Å²) in [6.45, 7) is 9.57. The summed E-state index contributed by atoms with van der Waals surface area (Å²) in [5.41, 5.74) is 2.46. The largest absolute Gasteiger partial charge is 0.369 e. The van der Waals surface area contributed by atoms with Crippen molar-refractivity contribution >= 4 is 17.3 Å². The number of nitrogens with zero attached hydrogens (tertiary/aromatic N) is 2. The maximum absolute atomic E-state index is 12.6. The van der Waals surface area contributed by atoms with Gasteiger partial charge in [0.25, 0.3) is 0 Å². The highest BCUT2D eigenvalue weighted by molar-refractivity contribution is 6.30. The van der Waals surface area contributed by atoms with Gasteiger partial charge in [-0.15, -0.1) is 0 Å². The molecule has 0 unspecified atom stereocenters. The lowest BCUT2D eigenvalue weighted by atomic mass is 10.2. The molecule has 0 bridgehead atoms. The van der Waals surface area contributed by atoms with Crippen LogP contribution in [0.15, 0.2) is 48.5 Å². The maximum atomic E-state index is 12.6. The first-order valence-electron chi connectivity index (χ1n) is 9.59. The molecule has 2 heterocycles. The summed E-state index contributed by atoms with van der Waals surface area (Å²) in [6.07, 6.45) is 0. The third-order valence-corrected chi connectivity index (χ3v) is 5.09. The van der Waals surface area contributed by atoms with E-state index >= 15 is 0 Å². The van der Waals surface area contributed by atoms with Crippen LogP contribution in [-0.2, 0) is 6.54 Å². The van der Waals surface area contributed by atoms with Crippen molar-refractivity contribution in [3.63, 3.8) is 0 Å². The summed E-state index contributed by atoms with van der Waals surface area (Å²) < 4.78 is 12.6. The average Bonchev–Trinajstić information content (AvgIpc) is 2.72. The van der Waals surface area contributed by atoms with Crippen LogP contribution in [0.2, 0.25) is 5.02 Å². The molecule has 0 aromatic heterocycles. The van der Waals surface area contributed by atoms with Gasteiger partial charge in [-0.2, -0.15) is 0 Å². The van der Waals surface area contributed by atoms with E-state index in [0.717, 1.165) is 69.6 Å². The molecule has 2 fully saturated rings. The second-order valence-electron chi connectivity index (χ2n) is 6.87. The van der Waals surface area contributed by atoms with E-state index in [4.69, 9.17) is 11.6 Å². The first kappa shape index (κ1) is 20.1. The lowest BCUT2D eigenvalue weighted by Gasteiger charge is -2.29. The van der Waals surface area contributed by atoms with Gasteiger partial charge in [-0.05, 0) is 42.0 Å². The zero-order valence-corrected chi connectivity index (χ0v) is 16.4. The Morgan fingerprint density at radius 2 is 1.33 bits per heavy atom. The van der Waals surface area contributed by atoms with Crippen LogP contribution in [0, 0.1) is 5.82 Å². The van der Waals surface area contributed by atoms with E-state index in [1.165, 1.54) is 17.7 Å². The lowest BCUT2D eigenvalue weighted by molar-refractivity contribution is 0.233. The molecule has 6 heteroatoms. The number of halogens is 2. The standard InChI is InChI=1S/C11H15ClN2.C10H13FN2/c12-11-3-1-10(2-4-11)9-14-7-5-13-6-8-14;11-9-1-3-10(4-2-9)13-7-5-12-6-8-13/h1-4,13H,5-9H2;1-4,12H,5-8H2. The number of hydrogen-bond donors (Lipinski definition) is 2. The quantitative estimate of drug-likeness (QED) is 0.843. The highest BCUT2D eigenvalue weighted by Crippen LogP contribution is 2.14. The smallest absolute Gasteiger partial charge is 0.123 e. The SMILES string of the molecule is Clc1ccc(CN2CCNCC2)cc1.Fc1ccc(N2CCNCC2)cc1. The Balaban J connectivity index is 0.000000156. The highest BCUT2D eigenvalue weighted by Gasteiger charge is 2.10. The summed E-state index contributed by atoms with van der Waals surface area (Å²) in [6, 6.07) is 14.8. The Labute approximate surface area is 166 Å². The fourth-order valence-electron chi connectivity index (χ4n) is 3.29. The van der Waals surface area contributed by atoms with Gasteiger partial charge >= 0.3 is 0 Å². The summed E-state index contributed by atoms with van der Waals surface area (Å²) in [5.74, 6) is -0.168. The molecule has 2 aromatic rings. The molecule has 0 saturated carbocycles. The fraction of sp³-hybridized carbons (Fsp3) is 0.429. The second-order valence-corrected chi connectivity index (χ2v) is 7.30. The zero-order chi connectivity index (χ0) is 18.9. The van der Waals surface area contributed by atoms with Gasteiger partial charge < -0.3 is 15.5 Å². The van der Waals surface area contributed by atoms with Crippen LogP contribution in [0.3, 0.4) is 0 Å². The predicted octanol–water partition coefficient (Wildman–Crippen LogP) is 2.98. The number of anilines is 1. The molecular weight excluding hydrogens is 363 g/mol. The van der Waals surface area contributed by atoms with Crippen molar-refractivity contribution in [2.75, 3.05) is 57.3 Å². The van der Waals surface area contributed by atoms with Crippen molar-refractivity contribution in [3.8, 4) is 0 Å². The van der Waals surface area contributed by atoms with Crippen molar-refractivity contribution < 1.29 is 4.39 Å². The molecule has 2 N–H and O–H groups in total. The molecule has 146 valence electrons. The fourth-order valence-corrected chi connectivity index (χ4v) is 3.42. The van der Waals surface area contributed by atoms with Gasteiger partial charge in [-0.1, -0.05) is 23.7 Å². The number of hydrogen-bond acceptors (Lipinski definition) is 4. The third kappa shape index (κ3) is 6.78. The molecule has 0 aliphatic carbocycles. The van der Waals surface area contributed by atoms with Gasteiger partial charge in [0.15, 0.2) is 0 Å². The van der Waals surface area contributed by atoms with E-state index in [-0.39, 0.29) is 5.82 Å². The van der Waals surface area contributed by atoms with Crippen LogP contribution in [0.5, 0.6) is 0 Å². The first-order chi connectivity index (χ1) is 13.2. The normalized spacial score (nSPS) is 17.9. The molecule has 2 saturated heterocycles. The zero-order valence-electron chi connectivity index (χ0n) is 15.6. The summed E-state index contributed by atoms with van der Waals surface area (Å²) in [4.78, 5) is 4.72. The molecule has 4 nitrogen and oxygen atoms in total. The van der Waals surface area contributed by atoms with E-state index in [1.54, 1.807) is 0 Å². The molecular formula is C21H28ClFN4. The van der Waals surface area contributed by atoms with Gasteiger partial charge in [0.05, 0.1) is 0 Å². The van der Waals surface area contributed by atoms with Crippen molar-refractivity contribution in [2.45, 2.75) is 6.54 Å². The topological polar surface area (TPSA) is 30.5 Å². The van der Waals surface area contributed by atoms with Crippen LogP contribution < -0.4 is 15.5 Å². The number of nitrogens with one attached hydrogen (secondary N) is 2. The summed E-state index contributed by atoms with van der Waals surface area (Å²) >= 11 is 5.83. The highest BCUT2D eigenvalue weighted by atomic mass is 35.5. The Hall–Kier alpha value is -1.66. The van der Waals surface area contributed by atoms with Crippen LogP contribution in [-0.4, -0.2) is 57.3 Å².